The van der Waals surface area contributed by atoms with Crippen LogP contribution in [-0.2, 0) is 21.1 Å². The summed E-state index contributed by atoms with van der Waals surface area (Å²) in [6.07, 6.45) is 1.46. The molecule has 1 amide bonds. The maximum Gasteiger partial charge on any atom is 0.227 e. The lowest BCUT2D eigenvalue weighted by Gasteiger charge is -2.38. The molecule has 134 valence electrons. The fourth-order valence-corrected chi connectivity index (χ4v) is 5.20. The lowest BCUT2D eigenvalue weighted by atomic mass is 9.98. The topological polar surface area (TPSA) is 66.5 Å². The van der Waals surface area contributed by atoms with Crippen LogP contribution in [-0.4, -0.2) is 50.4 Å². The number of amides is 1. The predicted molar refractivity (Wildman–Crippen MR) is 97.2 cm³/mol. The third-order valence-corrected chi connectivity index (χ3v) is 6.65. The molecule has 2 aliphatic rings. The number of halogens is 1. The SMILES string of the molecule is CCc1ccc(C2CNCCN2C(=O)C2CCS(=O)(=O)C2)cc1.Cl. The third-order valence-electron chi connectivity index (χ3n) is 4.88. The van der Waals surface area contributed by atoms with Gasteiger partial charge in [-0.3, -0.25) is 4.79 Å². The molecule has 2 heterocycles. The van der Waals surface area contributed by atoms with Gasteiger partial charge in [0.2, 0.25) is 5.91 Å². The molecule has 1 N–H and O–H groups in total. The molecule has 3 rings (SSSR count). The smallest absolute Gasteiger partial charge is 0.227 e. The zero-order valence-corrected chi connectivity index (χ0v) is 15.5. The second kappa shape index (κ2) is 7.85. The average molecular weight is 373 g/mol. The Balaban J connectivity index is 0.00000208. The van der Waals surface area contributed by atoms with Crippen LogP contribution in [0.4, 0.5) is 0 Å². The molecule has 0 aliphatic carbocycles. The molecule has 2 saturated heterocycles. The van der Waals surface area contributed by atoms with E-state index in [0.717, 1.165) is 25.1 Å². The Labute approximate surface area is 150 Å². The molecule has 0 bridgehead atoms. The van der Waals surface area contributed by atoms with E-state index in [4.69, 9.17) is 0 Å². The molecular formula is C17H25ClN2O3S. The van der Waals surface area contributed by atoms with E-state index < -0.39 is 9.84 Å². The molecule has 1 aromatic carbocycles. The quantitative estimate of drug-likeness (QED) is 0.874. The first-order chi connectivity index (χ1) is 11.0. The summed E-state index contributed by atoms with van der Waals surface area (Å²) in [4.78, 5) is 14.7. The van der Waals surface area contributed by atoms with Crippen LogP contribution in [0, 0.1) is 5.92 Å². The minimum Gasteiger partial charge on any atom is -0.333 e. The molecule has 2 atom stereocenters. The van der Waals surface area contributed by atoms with Crippen LogP contribution in [0.25, 0.3) is 0 Å². The van der Waals surface area contributed by atoms with E-state index in [2.05, 4.69) is 36.5 Å². The monoisotopic (exact) mass is 372 g/mol. The number of hydrogen-bond acceptors (Lipinski definition) is 4. The number of benzene rings is 1. The summed E-state index contributed by atoms with van der Waals surface area (Å²) >= 11 is 0. The van der Waals surface area contributed by atoms with Gasteiger partial charge < -0.3 is 10.2 Å². The normalized spacial score (nSPS) is 26.0. The van der Waals surface area contributed by atoms with E-state index in [-0.39, 0.29) is 41.8 Å². The number of nitrogens with zero attached hydrogens (tertiary/aromatic N) is 1. The molecule has 24 heavy (non-hydrogen) atoms. The van der Waals surface area contributed by atoms with E-state index >= 15 is 0 Å². The van der Waals surface area contributed by atoms with Gasteiger partial charge in [-0.25, -0.2) is 8.42 Å². The van der Waals surface area contributed by atoms with Crippen molar-refractivity contribution in [2.24, 2.45) is 5.92 Å². The molecular weight excluding hydrogens is 348 g/mol. The number of rotatable bonds is 3. The third kappa shape index (κ3) is 4.10. The van der Waals surface area contributed by atoms with Crippen molar-refractivity contribution in [3.63, 3.8) is 0 Å². The zero-order chi connectivity index (χ0) is 16.4. The Bertz CT molecular complexity index is 676. The molecule has 2 fully saturated rings. The van der Waals surface area contributed by atoms with Crippen LogP contribution in [0.5, 0.6) is 0 Å². The van der Waals surface area contributed by atoms with Gasteiger partial charge >= 0.3 is 0 Å². The maximum atomic E-state index is 12.8. The number of carbonyl (C=O) groups is 1. The van der Waals surface area contributed by atoms with Gasteiger partial charge in [0.05, 0.1) is 23.5 Å². The molecule has 0 aromatic heterocycles. The largest absolute Gasteiger partial charge is 0.333 e. The number of carbonyl (C=O) groups excluding carboxylic acids is 1. The minimum atomic E-state index is -3.03. The fraction of sp³-hybridized carbons (Fsp3) is 0.588. The van der Waals surface area contributed by atoms with Crippen LogP contribution >= 0.6 is 12.4 Å². The van der Waals surface area contributed by atoms with E-state index in [1.807, 2.05) is 4.90 Å². The number of nitrogens with one attached hydrogen (secondary N) is 1. The van der Waals surface area contributed by atoms with Gasteiger partial charge in [0, 0.05) is 19.6 Å². The van der Waals surface area contributed by atoms with Gasteiger partial charge in [-0.15, -0.1) is 12.4 Å². The van der Waals surface area contributed by atoms with Crippen molar-refractivity contribution in [2.45, 2.75) is 25.8 Å². The summed E-state index contributed by atoms with van der Waals surface area (Å²) in [5, 5.41) is 3.34. The van der Waals surface area contributed by atoms with Gasteiger partial charge in [0.1, 0.15) is 0 Å². The minimum absolute atomic E-state index is 0. The van der Waals surface area contributed by atoms with Crippen LogP contribution in [0.2, 0.25) is 0 Å². The van der Waals surface area contributed by atoms with Crippen LogP contribution in [0.1, 0.15) is 30.5 Å². The maximum absolute atomic E-state index is 12.8. The van der Waals surface area contributed by atoms with Gasteiger partial charge in [0.15, 0.2) is 9.84 Å². The summed E-state index contributed by atoms with van der Waals surface area (Å²) in [5.41, 5.74) is 2.39. The standard InChI is InChI=1S/C17H24N2O3S.ClH/c1-2-13-3-5-14(6-4-13)16-11-18-8-9-19(16)17(20)15-7-10-23(21,22)12-15;/h3-6,15-16,18H,2,7-12H2,1H3;1H. The van der Waals surface area contributed by atoms with E-state index in [0.29, 0.717) is 13.0 Å². The van der Waals surface area contributed by atoms with Gasteiger partial charge in [-0.1, -0.05) is 31.2 Å². The zero-order valence-electron chi connectivity index (χ0n) is 13.9. The Morgan fingerprint density at radius 3 is 2.58 bits per heavy atom. The van der Waals surface area contributed by atoms with Crippen molar-refractivity contribution in [1.29, 1.82) is 0 Å². The Hall–Kier alpha value is -1.11. The predicted octanol–water partition coefficient (Wildman–Crippen LogP) is 1.58. The molecule has 0 saturated carbocycles. The Kier molecular flexibility index (Phi) is 6.28. The average Bonchev–Trinajstić information content (AvgIpc) is 2.94. The van der Waals surface area contributed by atoms with Crippen molar-refractivity contribution in [2.75, 3.05) is 31.1 Å². The second-order valence-corrected chi connectivity index (χ2v) is 8.68. The van der Waals surface area contributed by atoms with Crippen molar-refractivity contribution in [1.82, 2.24) is 10.2 Å². The Morgan fingerprint density at radius 2 is 2.00 bits per heavy atom. The van der Waals surface area contributed by atoms with E-state index in [9.17, 15) is 13.2 Å². The summed E-state index contributed by atoms with van der Waals surface area (Å²) < 4.78 is 23.3. The Morgan fingerprint density at radius 1 is 1.29 bits per heavy atom. The van der Waals surface area contributed by atoms with Crippen molar-refractivity contribution >= 4 is 28.2 Å². The van der Waals surface area contributed by atoms with Gasteiger partial charge in [-0.2, -0.15) is 0 Å². The number of piperazine rings is 1. The second-order valence-electron chi connectivity index (χ2n) is 6.45. The van der Waals surface area contributed by atoms with Crippen LogP contribution in [0.15, 0.2) is 24.3 Å². The van der Waals surface area contributed by atoms with E-state index in [1.54, 1.807) is 0 Å². The summed E-state index contributed by atoms with van der Waals surface area (Å²) in [6.45, 7) is 4.23. The molecule has 0 radical (unpaired) electrons. The highest BCUT2D eigenvalue weighted by molar-refractivity contribution is 7.91. The summed E-state index contributed by atoms with van der Waals surface area (Å²) in [6, 6.07) is 8.37. The molecule has 2 aliphatic heterocycles. The van der Waals surface area contributed by atoms with Gasteiger partial charge in [0.25, 0.3) is 0 Å². The lowest BCUT2D eigenvalue weighted by molar-refractivity contribution is -0.138. The summed E-state index contributed by atoms with van der Waals surface area (Å²) in [5.74, 6) is -0.213. The first-order valence-corrected chi connectivity index (χ1v) is 10.1. The number of hydrogen-bond donors (Lipinski definition) is 1. The van der Waals surface area contributed by atoms with Crippen molar-refractivity contribution in [3.05, 3.63) is 35.4 Å². The molecule has 7 heteroatoms. The van der Waals surface area contributed by atoms with Crippen LogP contribution < -0.4 is 5.32 Å². The molecule has 0 spiro atoms. The number of sulfone groups is 1. The summed E-state index contributed by atoms with van der Waals surface area (Å²) in [7, 11) is -3.03. The highest BCUT2D eigenvalue weighted by Crippen LogP contribution is 2.28. The molecule has 2 unspecified atom stereocenters. The van der Waals surface area contributed by atoms with Crippen LogP contribution in [0.3, 0.4) is 0 Å². The van der Waals surface area contributed by atoms with Crippen molar-refractivity contribution < 1.29 is 13.2 Å². The van der Waals surface area contributed by atoms with Gasteiger partial charge in [-0.05, 0) is 24.0 Å². The molecule has 5 nitrogen and oxygen atoms in total. The van der Waals surface area contributed by atoms with E-state index in [1.165, 1.54) is 5.56 Å². The molecule has 1 aromatic rings. The first-order valence-electron chi connectivity index (χ1n) is 8.30. The first kappa shape index (κ1) is 19.2. The van der Waals surface area contributed by atoms with Crippen molar-refractivity contribution in [3.8, 4) is 0 Å². The highest BCUT2D eigenvalue weighted by atomic mass is 35.5. The highest BCUT2D eigenvalue weighted by Gasteiger charge is 2.38. The lowest BCUT2D eigenvalue weighted by Crippen LogP contribution is -2.50. The number of aryl methyl sites for hydroxylation is 1. The fourth-order valence-electron chi connectivity index (χ4n) is 3.47.